The Kier molecular flexibility index (Phi) is 4.83. The number of nitrogens with two attached hydrogens (primary N) is 1. The Hall–Kier alpha value is -1.53. The van der Waals surface area contributed by atoms with Crippen molar-refractivity contribution in [3.05, 3.63) is 39.7 Å². The molecule has 0 saturated heterocycles. The minimum absolute atomic E-state index is 0. The van der Waals surface area contributed by atoms with Crippen LogP contribution in [0.3, 0.4) is 0 Å². The number of hydrogen-bond donors (Lipinski definition) is 1. The van der Waals surface area contributed by atoms with Crippen molar-refractivity contribution in [2.45, 2.75) is 0 Å². The van der Waals surface area contributed by atoms with E-state index in [0.29, 0.717) is 0 Å². The summed E-state index contributed by atoms with van der Waals surface area (Å²) in [5.41, 5.74) is 4.34. The van der Waals surface area contributed by atoms with E-state index in [1.54, 1.807) is 0 Å². The van der Waals surface area contributed by atoms with Crippen LogP contribution >= 0.6 is 12.4 Å². The van der Waals surface area contributed by atoms with Gasteiger partial charge in [0.1, 0.15) is 5.82 Å². The average Bonchev–Trinajstić information content (AvgIpc) is 2.17. The van der Waals surface area contributed by atoms with E-state index in [1.807, 2.05) is 0 Å². The Balaban J connectivity index is 0.00000196. The molecule has 0 amide bonds. The standard InChI is InChI=1S/C8H7FN2O3.ClH/c9-7-2-1-5(11(13)14)3-6(7)8(12)4-10;/h1-3H,4,10H2;1H. The van der Waals surface area contributed by atoms with Gasteiger partial charge >= 0.3 is 0 Å². The van der Waals surface area contributed by atoms with Crippen LogP contribution in [0.2, 0.25) is 0 Å². The molecule has 0 heterocycles. The third-order valence-corrected chi connectivity index (χ3v) is 1.65. The van der Waals surface area contributed by atoms with Gasteiger partial charge in [0.25, 0.3) is 5.69 Å². The van der Waals surface area contributed by atoms with Crippen LogP contribution in [0.1, 0.15) is 10.4 Å². The normalized spacial score (nSPS) is 9.20. The van der Waals surface area contributed by atoms with E-state index in [9.17, 15) is 19.3 Å². The molecule has 1 aromatic carbocycles. The minimum atomic E-state index is -0.800. The molecule has 5 nitrogen and oxygen atoms in total. The predicted octanol–water partition coefficient (Wildman–Crippen LogP) is 1.30. The lowest BCUT2D eigenvalue weighted by molar-refractivity contribution is -0.384. The summed E-state index contributed by atoms with van der Waals surface area (Å²) in [6.07, 6.45) is 0. The lowest BCUT2D eigenvalue weighted by Gasteiger charge is -1.99. The maximum absolute atomic E-state index is 13.0. The lowest BCUT2D eigenvalue weighted by Crippen LogP contribution is -2.15. The molecule has 1 aromatic rings. The van der Waals surface area contributed by atoms with Gasteiger partial charge in [-0.2, -0.15) is 0 Å². The van der Waals surface area contributed by atoms with E-state index in [0.717, 1.165) is 18.2 Å². The molecule has 0 aliphatic carbocycles. The largest absolute Gasteiger partial charge is 0.324 e. The van der Waals surface area contributed by atoms with Crippen molar-refractivity contribution >= 4 is 23.9 Å². The van der Waals surface area contributed by atoms with E-state index in [2.05, 4.69) is 0 Å². The molecule has 0 fully saturated rings. The Labute approximate surface area is 90.6 Å². The van der Waals surface area contributed by atoms with Gasteiger partial charge in [-0.25, -0.2) is 4.39 Å². The first kappa shape index (κ1) is 13.5. The van der Waals surface area contributed by atoms with Crippen LogP contribution in [0.15, 0.2) is 18.2 Å². The van der Waals surface area contributed by atoms with Gasteiger partial charge in [-0.1, -0.05) is 0 Å². The molecule has 82 valence electrons. The van der Waals surface area contributed by atoms with E-state index < -0.39 is 16.5 Å². The maximum atomic E-state index is 13.0. The number of nitrogens with zero attached hydrogens (tertiary/aromatic N) is 1. The highest BCUT2D eigenvalue weighted by Crippen LogP contribution is 2.16. The van der Waals surface area contributed by atoms with Crippen molar-refractivity contribution in [1.29, 1.82) is 0 Å². The summed E-state index contributed by atoms with van der Waals surface area (Å²) in [5, 5.41) is 10.3. The van der Waals surface area contributed by atoms with Crippen molar-refractivity contribution < 1.29 is 14.1 Å². The lowest BCUT2D eigenvalue weighted by atomic mass is 10.1. The van der Waals surface area contributed by atoms with Crippen molar-refractivity contribution in [2.24, 2.45) is 5.73 Å². The molecule has 0 aliphatic rings. The van der Waals surface area contributed by atoms with Crippen LogP contribution in [0, 0.1) is 15.9 Å². The van der Waals surface area contributed by atoms with Gasteiger partial charge in [0.05, 0.1) is 17.0 Å². The van der Waals surface area contributed by atoms with Gasteiger partial charge in [0, 0.05) is 12.1 Å². The summed E-state index contributed by atoms with van der Waals surface area (Å²) in [6, 6.07) is 2.74. The van der Waals surface area contributed by atoms with Crippen LogP contribution in [-0.2, 0) is 0 Å². The van der Waals surface area contributed by atoms with Crippen molar-refractivity contribution in [3.8, 4) is 0 Å². The molecule has 1 rings (SSSR count). The molecule has 0 aliphatic heterocycles. The summed E-state index contributed by atoms with van der Waals surface area (Å²) in [6.45, 7) is -0.377. The fourth-order valence-electron chi connectivity index (χ4n) is 0.950. The number of hydrogen-bond acceptors (Lipinski definition) is 4. The van der Waals surface area contributed by atoms with Crippen molar-refractivity contribution in [1.82, 2.24) is 0 Å². The molecule has 7 heteroatoms. The molecule has 0 bridgehead atoms. The fraction of sp³-hybridized carbons (Fsp3) is 0.125. The number of carbonyl (C=O) groups is 1. The van der Waals surface area contributed by atoms with Crippen molar-refractivity contribution in [3.63, 3.8) is 0 Å². The first-order valence-electron chi connectivity index (χ1n) is 3.73. The highest BCUT2D eigenvalue weighted by molar-refractivity contribution is 5.98. The second-order valence-corrected chi connectivity index (χ2v) is 2.55. The molecule has 0 atom stereocenters. The number of halogens is 2. The smallest absolute Gasteiger partial charge is 0.270 e. The van der Waals surface area contributed by atoms with Crippen LogP contribution in [0.5, 0.6) is 0 Å². The van der Waals surface area contributed by atoms with Crippen LogP contribution < -0.4 is 5.73 Å². The zero-order chi connectivity index (χ0) is 10.7. The van der Waals surface area contributed by atoms with E-state index in [-0.39, 0.29) is 30.2 Å². The SMILES string of the molecule is Cl.NCC(=O)c1cc([N+](=O)[O-])ccc1F. The Morgan fingerprint density at radius 2 is 2.13 bits per heavy atom. The summed E-state index contributed by atoms with van der Waals surface area (Å²) in [4.78, 5) is 20.6. The van der Waals surface area contributed by atoms with Gasteiger partial charge in [-0.15, -0.1) is 12.4 Å². The Bertz CT molecular complexity index is 397. The second kappa shape index (κ2) is 5.38. The topological polar surface area (TPSA) is 86.2 Å². The fourth-order valence-corrected chi connectivity index (χ4v) is 0.950. The number of nitro groups is 1. The minimum Gasteiger partial charge on any atom is -0.324 e. The third-order valence-electron chi connectivity index (χ3n) is 1.65. The van der Waals surface area contributed by atoms with E-state index in [4.69, 9.17) is 5.73 Å². The van der Waals surface area contributed by atoms with Gasteiger partial charge in [0.2, 0.25) is 0 Å². The molecule has 0 radical (unpaired) electrons. The zero-order valence-electron chi connectivity index (χ0n) is 7.47. The van der Waals surface area contributed by atoms with Crippen LogP contribution in [0.4, 0.5) is 10.1 Å². The number of carbonyl (C=O) groups excluding carboxylic acids is 1. The van der Waals surface area contributed by atoms with Crippen molar-refractivity contribution in [2.75, 3.05) is 6.54 Å². The highest BCUT2D eigenvalue weighted by atomic mass is 35.5. The zero-order valence-corrected chi connectivity index (χ0v) is 8.29. The summed E-state index contributed by atoms with van der Waals surface area (Å²) in [5.74, 6) is -1.46. The molecular formula is C8H8ClFN2O3. The van der Waals surface area contributed by atoms with Gasteiger partial charge in [-0.3, -0.25) is 14.9 Å². The molecule has 0 spiro atoms. The molecule has 0 aromatic heterocycles. The van der Waals surface area contributed by atoms with E-state index in [1.165, 1.54) is 0 Å². The summed E-state index contributed by atoms with van der Waals surface area (Å²) >= 11 is 0. The predicted molar refractivity (Wildman–Crippen MR) is 53.7 cm³/mol. The number of nitro benzene ring substituents is 1. The molecule has 0 unspecified atom stereocenters. The van der Waals surface area contributed by atoms with Crippen LogP contribution in [-0.4, -0.2) is 17.3 Å². The Morgan fingerprint density at radius 1 is 1.53 bits per heavy atom. The summed E-state index contributed by atoms with van der Waals surface area (Å²) < 4.78 is 13.0. The highest BCUT2D eigenvalue weighted by Gasteiger charge is 2.15. The van der Waals surface area contributed by atoms with E-state index >= 15 is 0 Å². The third kappa shape index (κ3) is 2.97. The quantitative estimate of drug-likeness (QED) is 0.485. The first-order chi connectivity index (χ1) is 6.56. The first-order valence-corrected chi connectivity index (χ1v) is 3.73. The van der Waals surface area contributed by atoms with Gasteiger partial charge < -0.3 is 5.73 Å². The molecule has 2 N–H and O–H groups in total. The Morgan fingerprint density at radius 3 is 2.60 bits per heavy atom. The number of rotatable bonds is 3. The van der Waals surface area contributed by atoms with Crippen LogP contribution in [0.25, 0.3) is 0 Å². The molecule has 0 saturated carbocycles. The number of non-ortho nitro benzene ring substituents is 1. The van der Waals surface area contributed by atoms with Gasteiger partial charge in [-0.05, 0) is 6.07 Å². The average molecular weight is 235 g/mol. The molecule has 15 heavy (non-hydrogen) atoms. The monoisotopic (exact) mass is 234 g/mol. The number of benzene rings is 1. The van der Waals surface area contributed by atoms with Gasteiger partial charge in [0.15, 0.2) is 5.78 Å². The maximum Gasteiger partial charge on any atom is 0.270 e. The summed E-state index contributed by atoms with van der Waals surface area (Å²) in [7, 11) is 0. The second-order valence-electron chi connectivity index (χ2n) is 2.55. The molecular weight excluding hydrogens is 227 g/mol. The number of ketones is 1. The number of Topliss-reactive ketones (excluding diaryl/α,β-unsaturated/α-hetero) is 1.